The first-order chi connectivity index (χ1) is 9.80. The van der Waals surface area contributed by atoms with Crippen LogP contribution < -0.4 is 11.2 Å². The van der Waals surface area contributed by atoms with Gasteiger partial charge in [-0.1, -0.05) is 0 Å². The van der Waals surface area contributed by atoms with Crippen molar-refractivity contribution in [1.82, 2.24) is 9.55 Å². The Balaban J connectivity index is 2.08. The predicted octanol–water partition coefficient (Wildman–Crippen LogP) is -1.62. The molecule has 11 heteroatoms. The smallest absolute Gasteiger partial charge is 0.391 e. The lowest BCUT2D eigenvalue weighted by atomic mass is 10.2. The largest absolute Gasteiger partial charge is 0.567 e. The normalized spacial score (nSPS) is 22.7. The summed E-state index contributed by atoms with van der Waals surface area (Å²) in [5.74, 6) is 0. The first kappa shape index (κ1) is 16.2. The molecule has 0 aliphatic carbocycles. The average Bonchev–Trinajstić information content (AvgIpc) is 2.84. The van der Waals surface area contributed by atoms with Gasteiger partial charge in [-0.3, -0.25) is 14.3 Å². The highest BCUT2D eigenvalue weighted by Gasteiger charge is 2.37. The van der Waals surface area contributed by atoms with Crippen LogP contribution in [0.5, 0.6) is 0 Å². The fourth-order valence-electron chi connectivity index (χ4n) is 2.05. The summed E-state index contributed by atoms with van der Waals surface area (Å²) in [7, 11) is -4.32. The highest BCUT2D eigenvalue weighted by atomic mass is 31.2. The Kier molecular flexibility index (Phi) is 4.89. The van der Waals surface area contributed by atoms with Crippen molar-refractivity contribution in [2.24, 2.45) is 0 Å². The lowest BCUT2D eigenvalue weighted by molar-refractivity contribution is -0.0273. The highest BCUT2D eigenvalue weighted by molar-refractivity contribution is 7.53. The van der Waals surface area contributed by atoms with E-state index in [-0.39, 0.29) is 12.2 Å². The van der Waals surface area contributed by atoms with Gasteiger partial charge in [0.2, 0.25) is 0 Å². The molecule has 0 bridgehead atoms. The molecule has 0 aromatic carbocycles. The second-order valence-corrected chi connectivity index (χ2v) is 5.86. The maximum atomic E-state index is 11.7. The van der Waals surface area contributed by atoms with Crippen molar-refractivity contribution in [3.8, 4) is 0 Å². The zero-order valence-corrected chi connectivity index (χ0v) is 11.8. The van der Waals surface area contributed by atoms with Crippen LogP contribution in [0.15, 0.2) is 15.8 Å². The number of rotatable bonds is 5. The molecule has 1 saturated heterocycles. The SMILES string of the molecule is O=c1[nH]c(=O)n(C2CCC(CO[P+](O)(O)O)O2)cc1CO. The van der Waals surface area contributed by atoms with Crippen LogP contribution in [0.1, 0.15) is 24.6 Å². The molecular weight excluding hydrogens is 307 g/mol. The molecule has 2 unspecified atom stereocenters. The Labute approximate surface area is 118 Å². The van der Waals surface area contributed by atoms with Crippen molar-refractivity contribution in [3.63, 3.8) is 0 Å². The molecule has 118 valence electrons. The van der Waals surface area contributed by atoms with Crippen molar-refractivity contribution in [3.05, 3.63) is 32.6 Å². The molecule has 1 aromatic rings. The van der Waals surface area contributed by atoms with Gasteiger partial charge >= 0.3 is 13.9 Å². The third kappa shape index (κ3) is 4.17. The average molecular weight is 323 g/mol. The molecule has 5 N–H and O–H groups in total. The van der Waals surface area contributed by atoms with E-state index in [1.807, 2.05) is 0 Å². The van der Waals surface area contributed by atoms with Gasteiger partial charge < -0.3 is 9.84 Å². The molecule has 10 nitrogen and oxygen atoms in total. The molecule has 1 aromatic heterocycles. The maximum absolute atomic E-state index is 11.7. The quantitative estimate of drug-likeness (QED) is 0.405. The van der Waals surface area contributed by atoms with Crippen LogP contribution in [-0.4, -0.2) is 42.0 Å². The van der Waals surface area contributed by atoms with Gasteiger partial charge in [0.05, 0.1) is 18.3 Å². The minimum atomic E-state index is -4.32. The van der Waals surface area contributed by atoms with Gasteiger partial charge in [0.1, 0.15) is 12.8 Å². The molecule has 21 heavy (non-hydrogen) atoms. The van der Waals surface area contributed by atoms with E-state index in [1.165, 1.54) is 6.20 Å². The molecule has 2 atom stereocenters. The monoisotopic (exact) mass is 323 g/mol. The summed E-state index contributed by atoms with van der Waals surface area (Å²) in [4.78, 5) is 51.3. The Morgan fingerprint density at radius 3 is 2.71 bits per heavy atom. The number of hydrogen-bond acceptors (Lipinski definition) is 8. The number of nitrogens with one attached hydrogen (secondary N) is 1. The van der Waals surface area contributed by atoms with E-state index in [0.717, 1.165) is 4.57 Å². The summed E-state index contributed by atoms with van der Waals surface area (Å²) in [6.07, 6.45) is 0.911. The first-order valence-corrected chi connectivity index (χ1v) is 7.69. The molecule has 2 heterocycles. The van der Waals surface area contributed by atoms with E-state index >= 15 is 0 Å². The van der Waals surface area contributed by atoms with Gasteiger partial charge in [-0.15, -0.1) is 0 Å². The molecule has 1 aliphatic rings. The van der Waals surface area contributed by atoms with Crippen LogP contribution >= 0.6 is 8.17 Å². The van der Waals surface area contributed by atoms with Gasteiger partial charge in [-0.2, -0.15) is 19.2 Å². The summed E-state index contributed by atoms with van der Waals surface area (Å²) < 4.78 is 11.1. The van der Waals surface area contributed by atoms with E-state index in [9.17, 15) is 9.59 Å². The van der Waals surface area contributed by atoms with Crippen LogP contribution in [0, 0.1) is 0 Å². The van der Waals surface area contributed by atoms with Crippen molar-refractivity contribution >= 4 is 8.17 Å². The van der Waals surface area contributed by atoms with Crippen LogP contribution in [0.4, 0.5) is 0 Å². The number of aliphatic hydroxyl groups is 1. The van der Waals surface area contributed by atoms with Crippen LogP contribution in [0.25, 0.3) is 0 Å². The zero-order chi connectivity index (χ0) is 15.6. The summed E-state index contributed by atoms with van der Waals surface area (Å²) in [6.45, 7) is -0.750. The highest BCUT2D eigenvalue weighted by Crippen LogP contribution is 2.46. The van der Waals surface area contributed by atoms with Gasteiger partial charge in [0.25, 0.3) is 5.56 Å². The molecule has 0 radical (unpaired) electrons. The number of hydrogen-bond donors (Lipinski definition) is 5. The minimum absolute atomic E-state index is 0.0314. The molecule has 0 saturated carbocycles. The van der Waals surface area contributed by atoms with Crippen molar-refractivity contribution < 1.29 is 29.0 Å². The molecule has 1 fully saturated rings. The van der Waals surface area contributed by atoms with E-state index < -0.39 is 38.4 Å². The van der Waals surface area contributed by atoms with Crippen molar-refractivity contribution in [2.75, 3.05) is 6.61 Å². The summed E-state index contributed by atoms with van der Waals surface area (Å²) in [5, 5.41) is 9.03. The Hall–Kier alpha value is -1.13. The standard InChI is InChI=1S/C10H15N2O8P/c13-4-6-3-12(10(15)11-9(6)14)8-2-1-7(20-8)5-19-21(16,17)18/h3,7-8,13,16-18H,1-2,4-5H2/p+1. The minimum Gasteiger partial charge on any atom is -0.391 e. The molecule has 2 rings (SSSR count). The molecular formula is C10H16N2O8P+. The Morgan fingerprint density at radius 2 is 2.10 bits per heavy atom. The zero-order valence-electron chi connectivity index (χ0n) is 10.9. The number of ether oxygens (including phenoxy) is 1. The number of aliphatic hydroxyl groups excluding tert-OH is 1. The fraction of sp³-hybridized carbons (Fsp3) is 0.600. The number of nitrogens with zero attached hydrogens (tertiary/aromatic N) is 1. The van der Waals surface area contributed by atoms with Crippen molar-refractivity contribution in [1.29, 1.82) is 0 Å². The topological polar surface area (TPSA) is 154 Å². The van der Waals surface area contributed by atoms with Crippen LogP contribution in [0.2, 0.25) is 0 Å². The summed E-state index contributed by atoms with van der Waals surface area (Å²) in [5.41, 5.74) is -1.30. The van der Waals surface area contributed by atoms with Gasteiger partial charge in [0.15, 0.2) is 0 Å². The first-order valence-electron chi connectivity index (χ1n) is 6.12. The van der Waals surface area contributed by atoms with E-state index in [0.29, 0.717) is 12.8 Å². The molecule has 0 spiro atoms. The third-order valence-electron chi connectivity index (χ3n) is 3.04. The number of aromatic nitrogens is 2. The summed E-state index contributed by atoms with van der Waals surface area (Å²) in [6, 6.07) is 0. The van der Waals surface area contributed by atoms with Crippen LogP contribution in [-0.2, 0) is 15.9 Å². The van der Waals surface area contributed by atoms with Gasteiger partial charge in [0, 0.05) is 6.20 Å². The second kappa shape index (κ2) is 6.32. The third-order valence-corrected chi connectivity index (χ3v) is 3.54. The Morgan fingerprint density at radius 1 is 1.38 bits per heavy atom. The lowest BCUT2D eigenvalue weighted by Gasteiger charge is -2.15. The number of aromatic amines is 1. The van der Waals surface area contributed by atoms with Gasteiger partial charge in [-0.25, -0.2) is 4.79 Å². The second-order valence-electron chi connectivity index (χ2n) is 4.58. The van der Waals surface area contributed by atoms with E-state index in [2.05, 4.69) is 9.51 Å². The van der Waals surface area contributed by atoms with Crippen molar-refractivity contribution in [2.45, 2.75) is 31.8 Å². The molecule has 0 amide bonds. The fourth-order valence-corrected chi connectivity index (χ4v) is 2.42. The Bertz CT molecular complexity index is 606. The lowest BCUT2D eigenvalue weighted by Crippen LogP contribution is -2.34. The number of H-pyrrole nitrogens is 1. The van der Waals surface area contributed by atoms with E-state index in [4.69, 9.17) is 24.5 Å². The predicted molar refractivity (Wildman–Crippen MR) is 69.9 cm³/mol. The van der Waals surface area contributed by atoms with E-state index in [1.54, 1.807) is 0 Å². The van der Waals surface area contributed by atoms with Gasteiger partial charge in [-0.05, 0) is 12.8 Å². The van der Waals surface area contributed by atoms with Crippen LogP contribution in [0.3, 0.4) is 0 Å². The molecule has 1 aliphatic heterocycles. The maximum Gasteiger partial charge on any atom is 0.567 e. The summed E-state index contributed by atoms with van der Waals surface area (Å²) >= 11 is 0.